The number of benzene rings is 1. The first-order valence-electron chi connectivity index (χ1n) is 16.6. The first-order valence-corrected chi connectivity index (χ1v) is 16.6. The molecule has 2 aliphatic heterocycles. The molecule has 2 bridgehead atoms. The van der Waals surface area contributed by atoms with Crippen LogP contribution >= 0.6 is 0 Å². The number of aromatic nitrogens is 1. The third kappa shape index (κ3) is 6.28. The number of amides is 1. The van der Waals surface area contributed by atoms with E-state index in [4.69, 9.17) is 14.2 Å². The first-order chi connectivity index (χ1) is 21.7. The summed E-state index contributed by atoms with van der Waals surface area (Å²) in [5.41, 5.74) is -1.10. The van der Waals surface area contributed by atoms with E-state index in [1.54, 1.807) is 0 Å². The monoisotopic (exact) mass is 645 g/mol. The highest BCUT2D eigenvalue weighted by molar-refractivity contribution is 5.83. The van der Waals surface area contributed by atoms with Gasteiger partial charge in [0, 0.05) is 42.9 Å². The number of methoxy groups -OCH3 is 1. The summed E-state index contributed by atoms with van der Waals surface area (Å²) in [7, 11) is 1.46. The Morgan fingerprint density at radius 3 is 2.57 bits per heavy atom. The predicted octanol–water partition coefficient (Wildman–Crippen LogP) is 6.87. The highest BCUT2D eigenvalue weighted by Crippen LogP contribution is 2.58. The Morgan fingerprint density at radius 1 is 1.11 bits per heavy atom. The number of alkyl carbamates (subject to hydrolysis) is 1. The largest absolute Gasteiger partial charge is 0.497 e. The molecule has 6 rings (SSSR count). The minimum atomic E-state index is -3.56. The molecule has 252 valence electrons. The molecule has 0 spiro atoms. The number of carbonyl (C=O) groups excluding carboxylic acids is 2. The molecule has 9 atom stereocenters. The molecule has 1 N–H and O–H groups in total. The number of nitrogens with one attached hydrogen (secondary N) is 1. The molecule has 1 saturated heterocycles. The van der Waals surface area contributed by atoms with E-state index in [0.717, 1.165) is 12.8 Å². The van der Waals surface area contributed by atoms with E-state index in [9.17, 15) is 9.59 Å². The van der Waals surface area contributed by atoms with E-state index in [0.29, 0.717) is 37.0 Å². The van der Waals surface area contributed by atoms with Crippen LogP contribution in [0.15, 0.2) is 18.2 Å². The Balaban J connectivity index is 1.41. The number of alkyl halides is 2. The molecule has 2 aliphatic carbocycles. The molecule has 1 aromatic carbocycles. The smallest absolute Gasteiger partial charge is 0.407 e. The molecule has 0 radical (unpaired) electrons. The number of carbonyl (C=O) groups is 2. The van der Waals surface area contributed by atoms with Crippen molar-refractivity contribution in [1.29, 1.82) is 0 Å². The number of hydrogen-bond acceptors (Lipinski definition) is 7. The Hall–Kier alpha value is -3.08. The Bertz CT molecular complexity index is 1500. The molecule has 3 heterocycles. The maximum Gasteiger partial charge on any atom is 0.407 e. The number of rotatable bonds is 2. The lowest BCUT2D eigenvalue weighted by Gasteiger charge is -2.36. The Morgan fingerprint density at radius 2 is 1.87 bits per heavy atom. The molecular formula is C35H46F3N3O5. The average Bonchev–Trinajstić information content (AvgIpc) is 3.54. The summed E-state index contributed by atoms with van der Waals surface area (Å²) in [4.78, 5) is 32.7. The van der Waals surface area contributed by atoms with Gasteiger partial charge in [-0.2, -0.15) is 0 Å². The Labute approximate surface area is 268 Å². The lowest BCUT2D eigenvalue weighted by atomic mass is 9.86. The van der Waals surface area contributed by atoms with Crippen molar-refractivity contribution >= 4 is 22.8 Å². The van der Waals surface area contributed by atoms with Crippen molar-refractivity contribution in [3.05, 3.63) is 29.6 Å². The topological polar surface area (TPSA) is 90.0 Å². The molecular weight excluding hydrogens is 599 g/mol. The van der Waals surface area contributed by atoms with Gasteiger partial charge in [0.1, 0.15) is 35.1 Å². The van der Waals surface area contributed by atoms with Crippen LogP contribution in [0.25, 0.3) is 10.9 Å². The minimum absolute atomic E-state index is 0.0397. The fourth-order valence-corrected chi connectivity index (χ4v) is 8.15. The van der Waals surface area contributed by atoms with Crippen molar-refractivity contribution in [2.45, 2.75) is 103 Å². The van der Waals surface area contributed by atoms with Crippen molar-refractivity contribution in [2.75, 3.05) is 20.2 Å². The van der Waals surface area contributed by atoms with Gasteiger partial charge < -0.3 is 19.5 Å². The normalized spacial score (nSPS) is 34.5. The van der Waals surface area contributed by atoms with E-state index in [2.05, 4.69) is 10.3 Å². The van der Waals surface area contributed by atoms with Crippen LogP contribution in [0.4, 0.5) is 18.0 Å². The quantitative estimate of drug-likeness (QED) is 0.381. The number of fused-ring (bicyclic) bond motifs is 7. The summed E-state index contributed by atoms with van der Waals surface area (Å²) < 4.78 is 66.1. The van der Waals surface area contributed by atoms with E-state index >= 15 is 13.2 Å². The zero-order chi connectivity index (χ0) is 33.1. The van der Waals surface area contributed by atoms with E-state index < -0.39 is 59.2 Å². The molecule has 4 unspecified atom stereocenters. The number of nitrogens with zero attached hydrogens (tertiary/aromatic N) is 2. The second-order valence-electron chi connectivity index (χ2n) is 15.0. The lowest BCUT2D eigenvalue weighted by Crippen LogP contribution is -2.53. The van der Waals surface area contributed by atoms with Gasteiger partial charge in [-0.15, -0.1) is 0 Å². The van der Waals surface area contributed by atoms with Gasteiger partial charge in [-0.25, -0.2) is 22.9 Å². The van der Waals surface area contributed by atoms with Crippen LogP contribution in [-0.2, 0) is 15.5 Å². The van der Waals surface area contributed by atoms with Gasteiger partial charge in [0.2, 0.25) is 5.88 Å². The number of ether oxygens (including phenoxy) is 3. The highest BCUT2D eigenvalue weighted by Gasteiger charge is 2.55. The first kappa shape index (κ1) is 32.8. The van der Waals surface area contributed by atoms with E-state index in [-0.39, 0.29) is 47.7 Å². The van der Waals surface area contributed by atoms with Crippen LogP contribution in [0, 0.1) is 34.9 Å². The zero-order valence-corrected chi connectivity index (χ0v) is 27.6. The van der Waals surface area contributed by atoms with Crippen LogP contribution in [-0.4, -0.2) is 66.3 Å². The number of pyridine rings is 1. The van der Waals surface area contributed by atoms with Crippen molar-refractivity contribution in [2.24, 2.45) is 29.1 Å². The summed E-state index contributed by atoms with van der Waals surface area (Å²) in [5, 5.41) is 3.06. The van der Waals surface area contributed by atoms with Gasteiger partial charge >= 0.3 is 6.09 Å². The van der Waals surface area contributed by atoms with Crippen molar-refractivity contribution in [1.82, 2.24) is 15.2 Å². The average molecular weight is 646 g/mol. The maximum absolute atomic E-state index is 16.2. The fourth-order valence-electron chi connectivity index (χ4n) is 8.15. The summed E-state index contributed by atoms with van der Waals surface area (Å²) >= 11 is 0. The SMILES string of the molecule is COc1ccc2c(F)c3c(nc2c1)O[C@H]1CN(C[C@H](C(C)(C)C)NC(=O)O[C@@H]2CC4CC4[C@H]2CCCCC3(F)F)[C@H](C(C)=O)C1C. The van der Waals surface area contributed by atoms with Crippen LogP contribution in [0.5, 0.6) is 11.6 Å². The molecule has 8 nitrogen and oxygen atoms in total. The van der Waals surface area contributed by atoms with Gasteiger partial charge in [-0.3, -0.25) is 9.69 Å². The molecule has 2 aromatic rings. The molecule has 2 saturated carbocycles. The van der Waals surface area contributed by atoms with Crippen LogP contribution in [0.2, 0.25) is 0 Å². The lowest BCUT2D eigenvalue weighted by molar-refractivity contribution is -0.122. The second kappa shape index (κ2) is 12.2. The third-order valence-corrected chi connectivity index (χ3v) is 10.9. The molecule has 1 amide bonds. The zero-order valence-electron chi connectivity index (χ0n) is 27.6. The van der Waals surface area contributed by atoms with Gasteiger partial charge in [-0.05, 0) is 67.9 Å². The third-order valence-electron chi connectivity index (χ3n) is 10.9. The summed E-state index contributed by atoms with van der Waals surface area (Å²) in [6, 6.07) is 3.43. The summed E-state index contributed by atoms with van der Waals surface area (Å²) in [6.45, 7) is 9.87. The predicted molar refractivity (Wildman–Crippen MR) is 167 cm³/mol. The molecule has 11 heteroatoms. The molecule has 4 aliphatic rings. The minimum Gasteiger partial charge on any atom is -0.497 e. The van der Waals surface area contributed by atoms with Crippen molar-refractivity contribution in [3.63, 3.8) is 0 Å². The van der Waals surface area contributed by atoms with Crippen LogP contribution in [0.3, 0.4) is 0 Å². The van der Waals surface area contributed by atoms with Gasteiger partial charge in [0.25, 0.3) is 5.92 Å². The van der Waals surface area contributed by atoms with Crippen molar-refractivity contribution in [3.8, 4) is 11.6 Å². The number of ketones is 1. The van der Waals surface area contributed by atoms with Gasteiger partial charge in [0.05, 0.1) is 18.7 Å². The summed E-state index contributed by atoms with van der Waals surface area (Å²) in [6.07, 6.45) is 1.12. The number of hydrogen-bond donors (Lipinski definition) is 1. The van der Waals surface area contributed by atoms with Gasteiger partial charge in [0.15, 0.2) is 0 Å². The van der Waals surface area contributed by atoms with Crippen LogP contribution in [0.1, 0.15) is 78.7 Å². The standard InChI is InChI=1S/C35H46F3N3O5/c1-18-27-16-41(31(18)19(2)42)17-28(34(3,4)5)40-33(43)46-26-14-20-13-24(20)22(26)9-7-8-12-35(37,38)29-30(36)23-11-10-21(44-6)15-25(23)39-32(29)45-27/h10-11,15,18,20,22,24,26-28,31H,7-9,12-14,16-17H2,1-6H3,(H,40,43)/t18?,20?,22-,24?,26-,27+,28-,31+/m1/s1. The Kier molecular flexibility index (Phi) is 8.70. The highest BCUT2D eigenvalue weighted by atomic mass is 19.3. The fraction of sp³-hybridized carbons (Fsp3) is 0.686. The molecule has 3 fully saturated rings. The molecule has 46 heavy (non-hydrogen) atoms. The number of halogens is 3. The van der Waals surface area contributed by atoms with Crippen LogP contribution < -0.4 is 14.8 Å². The van der Waals surface area contributed by atoms with Gasteiger partial charge in [-0.1, -0.05) is 34.1 Å². The van der Waals surface area contributed by atoms with Crippen molar-refractivity contribution < 1.29 is 37.0 Å². The maximum atomic E-state index is 16.2. The molecule has 1 aromatic heterocycles. The summed E-state index contributed by atoms with van der Waals surface area (Å²) in [5.74, 6) is -4.14. The van der Waals surface area contributed by atoms with E-state index in [1.165, 1.54) is 32.2 Å². The second-order valence-corrected chi connectivity index (χ2v) is 15.0. The van der Waals surface area contributed by atoms with E-state index in [1.807, 2.05) is 32.6 Å². The number of Topliss-reactive ketones (excluding diaryl/α,β-unsaturated/α-hetero) is 1.